The number of aryl methyl sites for hydroxylation is 1. The number of halogens is 1. The van der Waals surface area contributed by atoms with Crippen molar-refractivity contribution in [1.29, 1.82) is 0 Å². The zero-order valence-electron chi connectivity index (χ0n) is 12.0. The van der Waals surface area contributed by atoms with E-state index in [9.17, 15) is 4.79 Å². The number of rotatable bonds is 8. The molecule has 0 heterocycles. The second kappa shape index (κ2) is 8.66. The van der Waals surface area contributed by atoms with Crippen molar-refractivity contribution in [3.8, 4) is 5.75 Å². The SMILES string of the molecule is CCOC(=O)COCCNc1cc(C)c(Cl)cc1OC. The van der Waals surface area contributed by atoms with Gasteiger partial charge in [-0.15, -0.1) is 0 Å². The van der Waals surface area contributed by atoms with Crippen LogP contribution in [0.25, 0.3) is 0 Å². The molecule has 6 heteroatoms. The van der Waals surface area contributed by atoms with Gasteiger partial charge in [0.05, 0.1) is 26.0 Å². The van der Waals surface area contributed by atoms with E-state index < -0.39 is 0 Å². The first-order valence-electron chi connectivity index (χ1n) is 6.39. The molecule has 1 N–H and O–H groups in total. The van der Waals surface area contributed by atoms with Crippen molar-refractivity contribution in [2.75, 3.05) is 38.8 Å². The predicted octanol–water partition coefficient (Wildman–Crippen LogP) is 2.65. The van der Waals surface area contributed by atoms with E-state index in [1.807, 2.05) is 13.0 Å². The van der Waals surface area contributed by atoms with Gasteiger partial charge in [-0.1, -0.05) is 11.6 Å². The van der Waals surface area contributed by atoms with Gasteiger partial charge in [0.15, 0.2) is 0 Å². The highest BCUT2D eigenvalue weighted by Gasteiger charge is 2.06. The Morgan fingerprint density at radius 3 is 2.80 bits per heavy atom. The highest BCUT2D eigenvalue weighted by molar-refractivity contribution is 6.31. The van der Waals surface area contributed by atoms with Gasteiger partial charge in [0.1, 0.15) is 12.4 Å². The molecule has 5 nitrogen and oxygen atoms in total. The average molecular weight is 302 g/mol. The zero-order valence-corrected chi connectivity index (χ0v) is 12.8. The van der Waals surface area contributed by atoms with E-state index >= 15 is 0 Å². The highest BCUT2D eigenvalue weighted by Crippen LogP contribution is 2.30. The van der Waals surface area contributed by atoms with E-state index in [-0.39, 0.29) is 12.6 Å². The van der Waals surface area contributed by atoms with Crippen LogP contribution in [0, 0.1) is 6.92 Å². The van der Waals surface area contributed by atoms with E-state index in [1.54, 1.807) is 20.1 Å². The van der Waals surface area contributed by atoms with E-state index in [2.05, 4.69) is 5.32 Å². The number of hydrogen-bond donors (Lipinski definition) is 1. The molecule has 0 aliphatic heterocycles. The molecule has 0 bridgehead atoms. The van der Waals surface area contributed by atoms with Crippen LogP contribution >= 0.6 is 11.6 Å². The van der Waals surface area contributed by atoms with Gasteiger partial charge in [0.25, 0.3) is 0 Å². The number of carbonyl (C=O) groups excluding carboxylic acids is 1. The van der Waals surface area contributed by atoms with Crippen molar-refractivity contribution in [1.82, 2.24) is 0 Å². The van der Waals surface area contributed by atoms with Crippen LogP contribution < -0.4 is 10.1 Å². The van der Waals surface area contributed by atoms with Gasteiger partial charge in [0, 0.05) is 17.6 Å². The molecular weight excluding hydrogens is 282 g/mol. The Bertz CT molecular complexity index is 451. The third kappa shape index (κ3) is 5.27. The third-order valence-electron chi connectivity index (χ3n) is 2.57. The summed E-state index contributed by atoms with van der Waals surface area (Å²) in [4.78, 5) is 11.1. The van der Waals surface area contributed by atoms with Crippen LogP contribution in [0.2, 0.25) is 5.02 Å². The summed E-state index contributed by atoms with van der Waals surface area (Å²) in [6.45, 7) is 4.95. The first kappa shape index (κ1) is 16.6. The Labute approximate surface area is 124 Å². The van der Waals surface area contributed by atoms with E-state index in [0.717, 1.165) is 11.3 Å². The van der Waals surface area contributed by atoms with Crippen molar-refractivity contribution in [3.05, 3.63) is 22.7 Å². The summed E-state index contributed by atoms with van der Waals surface area (Å²) in [7, 11) is 1.59. The summed E-state index contributed by atoms with van der Waals surface area (Å²) in [6, 6.07) is 3.67. The molecule has 0 aromatic heterocycles. The van der Waals surface area contributed by atoms with Crippen molar-refractivity contribution in [3.63, 3.8) is 0 Å². The number of methoxy groups -OCH3 is 1. The lowest BCUT2D eigenvalue weighted by Crippen LogP contribution is -2.16. The molecule has 0 aliphatic carbocycles. The number of nitrogens with one attached hydrogen (secondary N) is 1. The maximum atomic E-state index is 11.1. The van der Waals surface area contributed by atoms with Crippen LogP contribution in [0.15, 0.2) is 12.1 Å². The molecule has 0 atom stereocenters. The van der Waals surface area contributed by atoms with Gasteiger partial charge in [-0.05, 0) is 25.5 Å². The highest BCUT2D eigenvalue weighted by atomic mass is 35.5. The molecule has 0 amide bonds. The summed E-state index contributed by atoms with van der Waals surface area (Å²) >= 11 is 6.03. The van der Waals surface area contributed by atoms with Crippen molar-refractivity contribution >= 4 is 23.3 Å². The molecule has 0 unspecified atom stereocenters. The summed E-state index contributed by atoms with van der Waals surface area (Å²) in [5.41, 5.74) is 1.80. The number of ether oxygens (including phenoxy) is 3. The summed E-state index contributed by atoms with van der Waals surface area (Å²) < 4.78 is 15.2. The molecule has 0 radical (unpaired) electrons. The standard InChI is InChI=1S/C14H20ClNO4/c1-4-20-14(17)9-19-6-5-16-12-7-10(2)11(15)8-13(12)18-3/h7-8,16H,4-6,9H2,1-3H3. The lowest BCUT2D eigenvalue weighted by Gasteiger charge is -2.13. The predicted molar refractivity (Wildman–Crippen MR) is 78.7 cm³/mol. The maximum Gasteiger partial charge on any atom is 0.332 e. The second-order valence-corrected chi connectivity index (χ2v) is 4.49. The smallest absolute Gasteiger partial charge is 0.332 e. The normalized spacial score (nSPS) is 10.2. The first-order chi connectivity index (χ1) is 9.58. The molecule has 0 aliphatic rings. The fourth-order valence-corrected chi connectivity index (χ4v) is 1.74. The Morgan fingerprint density at radius 1 is 1.40 bits per heavy atom. The van der Waals surface area contributed by atoms with Crippen molar-refractivity contribution < 1.29 is 19.0 Å². The minimum atomic E-state index is -0.354. The summed E-state index contributed by atoms with van der Waals surface area (Å²) in [6.07, 6.45) is 0. The van der Waals surface area contributed by atoms with Crippen LogP contribution in [0.5, 0.6) is 5.75 Å². The van der Waals surface area contributed by atoms with Gasteiger partial charge in [-0.25, -0.2) is 4.79 Å². The van der Waals surface area contributed by atoms with E-state index in [1.165, 1.54) is 0 Å². The van der Waals surface area contributed by atoms with Gasteiger partial charge in [-0.3, -0.25) is 0 Å². The number of benzene rings is 1. The molecule has 0 fully saturated rings. The van der Waals surface area contributed by atoms with Gasteiger partial charge in [-0.2, -0.15) is 0 Å². The number of carbonyl (C=O) groups is 1. The fraction of sp³-hybridized carbons (Fsp3) is 0.500. The van der Waals surface area contributed by atoms with E-state index in [4.69, 9.17) is 25.8 Å². The molecule has 1 rings (SSSR count). The van der Waals surface area contributed by atoms with Crippen molar-refractivity contribution in [2.24, 2.45) is 0 Å². The molecule has 1 aromatic carbocycles. The number of anilines is 1. The van der Waals surface area contributed by atoms with Gasteiger partial charge < -0.3 is 19.5 Å². The topological polar surface area (TPSA) is 56.8 Å². The summed E-state index contributed by atoms with van der Waals surface area (Å²) in [5.74, 6) is 0.318. The number of esters is 1. The Hall–Kier alpha value is -1.46. The third-order valence-corrected chi connectivity index (χ3v) is 2.98. The molecule has 1 aromatic rings. The second-order valence-electron chi connectivity index (χ2n) is 4.09. The van der Waals surface area contributed by atoms with Crippen LogP contribution in [0.3, 0.4) is 0 Å². The zero-order chi connectivity index (χ0) is 15.0. The molecule has 0 spiro atoms. The Kier molecular flexibility index (Phi) is 7.18. The minimum absolute atomic E-state index is 0.0354. The molecule has 112 valence electrons. The van der Waals surface area contributed by atoms with Crippen LogP contribution in [0.4, 0.5) is 5.69 Å². The average Bonchev–Trinajstić information content (AvgIpc) is 2.42. The fourth-order valence-electron chi connectivity index (χ4n) is 1.59. The lowest BCUT2D eigenvalue weighted by molar-refractivity contribution is -0.148. The van der Waals surface area contributed by atoms with Gasteiger partial charge in [0.2, 0.25) is 0 Å². The molecule has 0 saturated heterocycles. The van der Waals surface area contributed by atoms with Crippen LogP contribution in [-0.2, 0) is 14.3 Å². The lowest BCUT2D eigenvalue weighted by atomic mass is 10.2. The Morgan fingerprint density at radius 2 is 2.15 bits per heavy atom. The van der Waals surface area contributed by atoms with Crippen molar-refractivity contribution in [2.45, 2.75) is 13.8 Å². The largest absolute Gasteiger partial charge is 0.495 e. The monoisotopic (exact) mass is 301 g/mol. The minimum Gasteiger partial charge on any atom is -0.495 e. The van der Waals surface area contributed by atoms with Crippen LogP contribution in [0.1, 0.15) is 12.5 Å². The quantitative estimate of drug-likeness (QED) is 0.591. The van der Waals surface area contributed by atoms with E-state index in [0.29, 0.717) is 30.5 Å². The maximum absolute atomic E-state index is 11.1. The molecular formula is C14H20ClNO4. The van der Waals surface area contributed by atoms with Crippen LogP contribution in [-0.4, -0.2) is 39.4 Å². The first-order valence-corrected chi connectivity index (χ1v) is 6.77. The molecule has 20 heavy (non-hydrogen) atoms. The Balaban J connectivity index is 2.38. The molecule has 0 saturated carbocycles. The number of hydrogen-bond acceptors (Lipinski definition) is 5. The van der Waals surface area contributed by atoms with Gasteiger partial charge >= 0.3 is 5.97 Å². The summed E-state index contributed by atoms with van der Waals surface area (Å²) in [5, 5.41) is 3.84.